The Hall–Kier alpha value is -2.18. The lowest BCUT2D eigenvalue weighted by molar-refractivity contribution is -0.155. The van der Waals surface area contributed by atoms with Crippen LogP contribution in [0.25, 0.3) is 0 Å². The van der Waals surface area contributed by atoms with Gasteiger partial charge in [0.1, 0.15) is 6.10 Å². The van der Waals surface area contributed by atoms with Gasteiger partial charge in [-0.2, -0.15) is 0 Å². The van der Waals surface area contributed by atoms with Crippen molar-refractivity contribution < 1.29 is 33.8 Å². The van der Waals surface area contributed by atoms with Gasteiger partial charge in [0.15, 0.2) is 0 Å². The molecule has 4 aliphatic rings. The summed E-state index contributed by atoms with van der Waals surface area (Å²) in [4.78, 5) is 47.6. The first-order valence-electron chi connectivity index (χ1n) is 7.79. The average Bonchev–Trinajstić information content (AvgIpc) is 2.95. The van der Waals surface area contributed by atoms with E-state index < -0.39 is 53.7 Å². The van der Waals surface area contributed by atoms with Crippen LogP contribution in [0.1, 0.15) is 19.8 Å². The summed E-state index contributed by atoms with van der Waals surface area (Å²) < 4.78 is 10.0. The molecule has 0 spiro atoms. The second-order valence-corrected chi connectivity index (χ2v) is 6.79. The van der Waals surface area contributed by atoms with Gasteiger partial charge in [-0.25, -0.2) is 0 Å². The normalized spacial score (nSPS) is 44.7. The molecule has 0 amide bonds. The molecule has 4 rings (SSSR count). The van der Waals surface area contributed by atoms with Gasteiger partial charge in [-0.15, -0.1) is 0 Å². The number of carboxylic acids is 1. The number of carbonyl (C=O) groups is 4. The Bertz CT molecular complexity index is 663. The molecule has 7 heteroatoms. The summed E-state index contributed by atoms with van der Waals surface area (Å²) in [6.45, 7) is 1.74. The summed E-state index contributed by atoms with van der Waals surface area (Å²) in [5, 5.41) is 9.53. The molecule has 0 radical (unpaired) electrons. The molecule has 7 nitrogen and oxygen atoms in total. The number of rotatable bonds is 1. The van der Waals surface area contributed by atoms with Crippen LogP contribution in [0.4, 0.5) is 0 Å². The predicted octanol–water partition coefficient (Wildman–Crippen LogP) is 0.531. The van der Waals surface area contributed by atoms with Gasteiger partial charge in [-0.05, 0) is 25.7 Å². The van der Waals surface area contributed by atoms with E-state index in [2.05, 4.69) is 0 Å². The molecule has 0 unspecified atom stereocenters. The highest BCUT2D eigenvalue weighted by atomic mass is 16.6. The zero-order valence-corrected chi connectivity index (χ0v) is 12.4. The Morgan fingerprint density at radius 2 is 1.83 bits per heavy atom. The van der Waals surface area contributed by atoms with Crippen LogP contribution < -0.4 is 0 Å². The second-order valence-electron chi connectivity index (χ2n) is 6.79. The van der Waals surface area contributed by atoms with Gasteiger partial charge in [-0.3, -0.25) is 19.2 Å². The number of carboxylic acid groups (broad SMARTS) is 1. The third-order valence-electron chi connectivity index (χ3n) is 5.79. The third-order valence-corrected chi connectivity index (χ3v) is 5.79. The molecule has 0 bridgehead atoms. The molecule has 1 N–H and O–H groups in total. The third kappa shape index (κ3) is 1.82. The minimum absolute atomic E-state index is 0.160. The zero-order chi connectivity index (χ0) is 16.5. The first kappa shape index (κ1) is 14.4. The molecule has 3 fully saturated rings. The molecule has 0 aromatic rings. The predicted molar refractivity (Wildman–Crippen MR) is 72.5 cm³/mol. The van der Waals surface area contributed by atoms with Crippen molar-refractivity contribution in [1.29, 1.82) is 0 Å². The van der Waals surface area contributed by atoms with Crippen LogP contribution in [0.15, 0.2) is 11.6 Å². The molecule has 2 aliphatic carbocycles. The van der Waals surface area contributed by atoms with E-state index in [1.807, 2.05) is 6.08 Å². The van der Waals surface area contributed by atoms with Crippen LogP contribution in [0.2, 0.25) is 0 Å². The summed E-state index contributed by atoms with van der Waals surface area (Å²) in [7, 11) is 0. The Kier molecular flexibility index (Phi) is 2.92. The molecule has 1 saturated carbocycles. The number of allylic oxidation sites excluding steroid dienone is 1. The van der Waals surface area contributed by atoms with Crippen LogP contribution in [-0.2, 0) is 28.7 Å². The standard InChI is InChI=1S/C16H16O7/c1-5-10-6-2-3-7-11(15(20)23-14(7)19)8(6)4-9(13(17)18)12(10)16(21)22-5/h2,5,7-12H,3-4H2,1H3,(H,17,18)/t5-,7+,8-,9-,10+,11+,12-/m0/s1. The molecule has 122 valence electrons. The Balaban J connectivity index is 1.79. The number of carbonyl (C=O) groups excluding carboxylic acids is 3. The number of esters is 3. The van der Waals surface area contributed by atoms with Gasteiger partial charge in [0.05, 0.1) is 23.7 Å². The van der Waals surface area contributed by atoms with E-state index in [-0.39, 0.29) is 18.3 Å². The van der Waals surface area contributed by atoms with Crippen molar-refractivity contribution in [2.45, 2.75) is 25.9 Å². The van der Waals surface area contributed by atoms with Gasteiger partial charge in [-0.1, -0.05) is 11.6 Å². The van der Waals surface area contributed by atoms with Gasteiger partial charge < -0.3 is 14.6 Å². The van der Waals surface area contributed by atoms with Crippen molar-refractivity contribution >= 4 is 23.9 Å². The Morgan fingerprint density at radius 1 is 1.09 bits per heavy atom. The Morgan fingerprint density at radius 3 is 2.52 bits per heavy atom. The molecule has 7 atom stereocenters. The van der Waals surface area contributed by atoms with Crippen LogP contribution in [0, 0.1) is 35.5 Å². The molecular weight excluding hydrogens is 304 g/mol. The number of aliphatic carboxylic acids is 1. The topological polar surface area (TPSA) is 107 Å². The van der Waals surface area contributed by atoms with Gasteiger partial charge in [0, 0.05) is 5.92 Å². The van der Waals surface area contributed by atoms with Crippen LogP contribution in [0.5, 0.6) is 0 Å². The highest BCUT2D eigenvalue weighted by molar-refractivity contribution is 5.97. The smallest absolute Gasteiger partial charge is 0.318 e. The van der Waals surface area contributed by atoms with E-state index in [1.54, 1.807) is 6.92 Å². The van der Waals surface area contributed by atoms with Crippen molar-refractivity contribution in [2.24, 2.45) is 35.5 Å². The van der Waals surface area contributed by atoms with Gasteiger partial charge in [0.2, 0.25) is 0 Å². The maximum absolute atomic E-state index is 12.1. The van der Waals surface area contributed by atoms with E-state index >= 15 is 0 Å². The number of cyclic esters (lactones) is 3. The SMILES string of the molecule is C[C@@H]1OC(=O)[C@@H]2[C@H]1C1=CC[C@H]3C(=O)OC(=O)[C@H]3[C@H]1C[C@@H]2C(=O)O. The molecule has 2 aliphatic heterocycles. The maximum atomic E-state index is 12.1. The average molecular weight is 320 g/mol. The second kappa shape index (κ2) is 4.66. The van der Waals surface area contributed by atoms with Gasteiger partial charge >= 0.3 is 23.9 Å². The van der Waals surface area contributed by atoms with Crippen molar-refractivity contribution in [3.05, 3.63) is 11.6 Å². The van der Waals surface area contributed by atoms with E-state index in [0.717, 1.165) is 5.57 Å². The fourth-order valence-electron chi connectivity index (χ4n) is 4.87. The summed E-state index contributed by atoms with van der Waals surface area (Å²) in [6, 6.07) is 0. The van der Waals surface area contributed by atoms with Crippen LogP contribution in [0.3, 0.4) is 0 Å². The highest BCUT2D eigenvalue weighted by Crippen LogP contribution is 2.55. The van der Waals surface area contributed by atoms with E-state index in [1.165, 1.54) is 0 Å². The molecule has 2 heterocycles. The van der Waals surface area contributed by atoms with E-state index in [9.17, 15) is 24.3 Å². The fourth-order valence-corrected chi connectivity index (χ4v) is 4.87. The minimum Gasteiger partial charge on any atom is -0.481 e. The quantitative estimate of drug-likeness (QED) is 0.426. The first-order valence-corrected chi connectivity index (χ1v) is 7.79. The number of ether oxygens (including phenoxy) is 2. The van der Waals surface area contributed by atoms with Crippen LogP contribution >= 0.6 is 0 Å². The molecule has 0 aromatic carbocycles. The highest BCUT2D eigenvalue weighted by Gasteiger charge is 2.61. The van der Waals surface area contributed by atoms with Crippen molar-refractivity contribution in [3.8, 4) is 0 Å². The Labute approximate surface area is 131 Å². The number of hydrogen-bond donors (Lipinski definition) is 1. The lowest BCUT2D eigenvalue weighted by atomic mass is 9.57. The van der Waals surface area contributed by atoms with E-state index in [0.29, 0.717) is 6.42 Å². The lowest BCUT2D eigenvalue weighted by Gasteiger charge is -2.42. The summed E-state index contributed by atoms with van der Waals surface area (Å²) >= 11 is 0. The van der Waals surface area contributed by atoms with Crippen molar-refractivity contribution in [3.63, 3.8) is 0 Å². The molecule has 2 saturated heterocycles. The minimum atomic E-state index is -1.06. The summed E-state index contributed by atoms with van der Waals surface area (Å²) in [5.41, 5.74) is 0.888. The van der Waals surface area contributed by atoms with Crippen molar-refractivity contribution in [2.75, 3.05) is 0 Å². The summed E-state index contributed by atoms with van der Waals surface area (Å²) in [6.07, 6.45) is 2.02. The maximum Gasteiger partial charge on any atom is 0.318 e. The molecular formula is C16H16O7. The largest absolute Gasteiger partial charge is 0.481 e. The molecule has 0 aromatic heterocycles. The van der Waals surface area contributed by atoms with Gasteiger partial charge in [0.25, 0.3) is 0 Å². The van der Waals surface area contributed by atoms with E-state index in [4.69, 9.17) is 9.47 Å². The summed E-state index contributed by atoms with van der Waals surface area (Å²) in [5.74, 6) is -6.14. The number of hydrogen-bond acceptors (Lipinski definition) is 6. The first-order chi connectivity index (χ1) is 10.9. The monoisotopic (exact) mass is 320 g/mol. The fraction of sp³-hybridized carbons (Fsp3) is 0.625. The zero-order valence-electron chi connectivity index (χ0n) is 12.4. The van der Waals surface area contributed by atoms with Crippen LogP contribution in [-0.4, -0.2) is 35.1 Å². The molecule has 23 heavy (non-hydrogen) atoms. The van der Waals surface area contributed by atoms with Crippen molar-refractivity contribution in [1.82, 2.24) is 0 Å². The number of fused-ring (bicyclic) bond motifs is 5. The lowest BCUT2D eigenvalue weighted by Crippen LogP contribution is -2.46.